The Morgan fingerprint density at radius 2 is 1.44 bits per heavy atom. The first-order valence-electron chi connectivity index (χ1n) is 15.7. The quantitative estimate of drug-likeness (QED) is 0.0591. The Labute approximate surface area is 262 Å². The molecule has 0 N–H and O–H groups in total. The number of rotatable bonds is 21. The highest BCUT2D eigenvalue weighted by Crippen LogP contribution is 2.35. The lowest BCUT2D eigenvalue weighted by molar-refractivity contribution is -0.255. The number of unbranched alkanes of at least 4 members (excludes halogenated alkanes) is 9. The number of hydrogen-bond donors (Lipinski definition) is 0. The van der Waals surface area contributed by atoms with Gasteiger partial charge in [0.15, 0.2) is 6.10 Å². The zero-order valence-corrected chi connectivity index (χ0v) is 26.0. The summed E-state index contributed by atoms with van der Waals surface area (Å²) < 4.78 is 71.3. The number of carboxylic acid groups (broad SMARTS) is 1. The number of carbonyl (C=O) groups is 3. The molecule has 0 radical (unpaired) electrons. The SMILES string of the molecule is CCCCCCCCCCC(=O)Oc1ccc(C(=O)[O-])c(F)c1-c1ccc(C(=O)O[C@H](CCCCCOCC)C(F)(F)F)cc1. The number of ether oxygens (including phenoxy) is 3. The third kappa shape index (κ3) is 13.2. The Morgan fingerprint density at radius 1 is 0.822 bits per heavy atom. The van der Waals surface area contributed by atoms with E-state index >= 15 is 4.39 Å². The molecular formula is C34H43F4O7-. The number of carbonyl (C=O) groups excluding carboxylic acids is 3. The highest BCUT2D eigenvalue weighted by molar-refractivity contribution is 5.92. The summed E-state index contributed by atoms with van der Waals surface area (Å²) in [5, 5.41) is 11.5. The Hall–Kier alpha value is -3.47. The van der Waals surface area contributed by atoms with Crippen molar-refractivity contribution in [1.29, 1.82) is 0 Å². The number of aromatic carboxylic acids is 1. The van der Waals surface area contributed by atoms with Crippen LogP contribution < -0.4 is 9.84 Å². The summed E-state index contributed by atoms with van der Waals surface area (Å²) in [6.45, 7) is 4.92. The van der Waals surface area contributed by atoms with Gasteiger partial charge in [-0.2, -0.15) is 13.2 Å². The lowest BCUT2D eigenvalue weighted by Gasteiger charge is -2.21. The first kappa shape index (κ1) is 37.7. The highest BCUT2D eigenvalue weighted by atomic mass is 19.4. The molecular weight excluding hydrogens is 596 g/mol. The van der Waals surface area contributed by atoms with Crippen molar-refractivity contribution in [2.45, 2.75) is 110 Å². The van der Waals surface area contributed by atoms with Gasteiger partial charge in [-0.25, -0.2) is 9.18 Å². The molecule has 0 saturated carbocycles. The second-order valence-corrected chi connectivity index (χ2v) is 10.8. The van der Waals surface area contributed by atoms with Gasteiger partial charge in [0.25, 0.3) is 0 Å². The smallest absolute Gasteiger partial charge is 0.425 e. The largest absolute Gasteiger partial charge is 0.545 e. The van der Waals surface area contributed by atoms with E-state index in [1.807, 2.05) is 6.92 Å². The summed E-state index contributed by atoms with van der Waals surface area (Å²) in [6.07, 6.45) is 1.96. The van der Waals surface area contributed by atoms with Crippen LogP contribution in [-0.2, 0) is 14.3 Å². The van der Waals surface area contributed by atoms with Crippen molar-refractivity contribution in [2.24, 2.45) is 0 Å². The van der Waals surface area contributed by atoms with Gasteiger partial charge < -0.3 is 24.1 Å². The second kappa shape index (κ2) is 19.8. The van der Waals surface area contributed by atoms with Crippen molar-refractivity contribution in [1.82, 2.24) is 0 Å². The number of benzene rings is 2. The molecule has 0 bridgehead atoms. The summed E-state index contributed by atoms with van der Waals surface area (Å²) in [7, 11) is 0. The molecule has 0 aliphatic carbocycles. The molecule has 45 heavy (non-hydrogen) atoms. The fourth-order valence-electron chi connectivity index (χ4n) is 4.76. The van der Waals surface area contributed by atoms with Gasteiger partial charge in [0.05, 0.1) is 17.1 Å². The molecule has 0 amide bonds. The van der Waals surface area contributed by atoms with Gasteiger partial charge in [0.2, 0.25) is 0 Å². The van der Waals surface area contributed by atoms with Crippen LogP contribution >= 0.6 is 0 Å². The zero-order valence-electron chi connectivity index (χ0n) is 26.0. The third-order valence-corrected chi connectivity index (χ3v) is 7.26. The molecule has 2 aromatic rings. The van der Waals surface area contributed by atoms with Crippen molar-refractivity contribution in [3.8, 4) is 16.9 Å². The molecule has 250 valence electrons. The summed E-state index contributed by atoms with van der Waals surface area (Å²) in [4.78, 5) is 36.6. The van der Waals surface area contributed by atoms with Gasteiger partial charge in [-0.3, -0.25) is 4.79 Å². The van der Waals surface area contributed by atoms with Crippen LogP contribution in [0.15, 0.2) is 36.4 Å². The lowest BCUT2D eigenvalue weighted by atomic mass is 9.99. The standard InChI is InChI=1S/C34H44F4O7/c1-3-5-6-7-8-9-10-13-16-29(39)44-27-22-21-26(32(40)41)31(35)30(27)24-17-19-25(20-18-24)33(42)45-28(34(36,37)38)15-12-11-14-23-43-4-2/h17-22,28H,3-16,23H2,1-2H3,(H,40,41)/p-1/t28-/m1/s1. The van der Waals surface area contributed by atoms with Crippen LogP contribution in [0.2, 0.25) is 0 Å². The molecule has 0 unspecified atom stereocenters. The first-order valence-corrected chi connectivity index (χ1v) is 15.7. The van der Waals surface area contributed by atoms with Gasteiger partial charge in [-0.05, 0) is 62.4 Å². The molecule has 0 aliphatic heterocycles. The number of carboxylic acids is 1. The van der Waals surface area contributed by atoms with E-state index in [0.29, 0.717) is 32.5 Å². The molecule has 0 fully saturated rings. The first-order chi connectivity index (χ1) is 21.5. The van der Waals surface area contributed by atoms with Crippen LogP contribution in [0.25, 0.3) is 11.1 Å². The Kier molecular flexibility index (Phi) is 16.6. The molecule has 0 saturated heterocycles. The number of halogens is 4. The zero-order chi connectivity index (χ0) is 33.2. The van der Waals surface area contributed by atoms with Gasteiger partial charge in [0, 0.05) is 25.2 Å². The fourth-order valence-corrected chi connectivity index (χ4v) is 4.76. The van der Waals surface area contributed by atoms with Gasteiger partial charge >= 0.3 is 18.1 Å². The minimum absolute atomic E-state index is 0.0312. The van der Waals surface area contributed by atoms with Crippen LogP contribution in [0.4, 0.5) is 17.6 Å². The summed E-state index contributed by atoms with van der Waals surface area (Å²) in [5.74, 6) is -5.09. The molecule has 7 nitrogen and oxygen atoms in total. The minimum atomic E-state index is -4.77. The summed E-state index contributed by atoms with van der Waals surface area (Å²) in [5.41, 5.74) is -1.33. The molecule has 0 heterocycles. The molecule has 0 spiro atoms. The van der Waals surface area contributed by atoms with E-state index in [1.54, 1.807) is 0 Å². The Bertz CT molecular complexity index is 1210. The lowest BCUT2D eigenvalue weighted by Crippen LogP contribution is -2.33. The number of alkyl halides is 3. The van der Waals surface area contributed by atoms with E-state index in [2.05, 4.69) is 6.92 Å². The summed E-state index contributed by atoms with van der Waals surface area (Å²) >= 11 is 0. The van der Waals surface area contributed by atoms with Crippen LogP contribution in [0, 0.1) is 5.82 Å². The van der Waals surface area contributed by atoms with Crippen LogP contribution in [0.5, 0.6) is 5.75 Å². The van der Waals surface area contributed by atoms with Crippen molar-refractivity contribution >= 4 is 17.9 Å². The van der Waals surface area contributed by atoms with E-state index in [-0.39, 0.29) is 35.3 Å². The average Bonchev–Trinajstić information content (AvgIpc) is 2.99. The molecule has 2 rings (SSSR count). The highest BCUT2D eigenvalue weighted by Gasteiger charge is 2.42. The maximum absolute atomic E-state index is 15.3. The van der Waals surface area contributed by atoms with E-state index < -0.39 is 48.0 Å². The minimum Gasteiger partial charge on any atom is -0.545 e. The van der Waals surface area contributed by atoms with E-state index in [0.717, 1.165) is 56.4 Å². The molecule has 2 aromatic carbocycles. The topological polar surface area (TPSA) is 102 Å². The van der Waals surface area contributed by atoms with Crippen molar-refractivity contribution in [2.75, 3.05) is 13.2 Å². The van der Waals surface area contributed by atoms with Gasteiger partial charge in [0.1, 0.15) is 11.6 Å². The fraction of sp³-hybridized carbons (Fsp3) is 0.559. The second-order valence-electron chi connectivity index (χ2n) is 10.8. The van der Waals surface area contributed by atoms with Crippen molar-refractivity contribution in [3.05, 3.63) is 53.3 Å². The van der Waals surface area contributed by atoms with Gasteiger partial charge in [-0.1, -0.05) is 70.4 Å². The average molecular weight is 640 g/mol. The molecule has 11 heteroatoms. The van der Waals surface area contributed by atoms with Crippen LogP contribution in [0.1, 0.15) is 118 Å². The van der Waals surface area contributed by atoms with Crippen LogP contribution in [-0.4, -0.2) is 43.4 Å². The van der Waals surface area contributed by atoms with Crippen molar-refractivity contribution in [3.63, 3.8) is 0 Å². The third-order valence-electron chi connectivity index (χ3n) is 7.26. The summed E-state index contributed by atoms with van der Waals surface area (Å²) in [6, 6.07) is 6.74. The van der Waals surface area contributed by atoms with Crippen LogP contribution in [0.3, 0.4) is 0 Å². The molecule has 1 atom stereocenters. The van der Waals surface area contributed by atoms with E-state index in [4.69, 9.17) is 14.2 Å². The normalized spacial score (nSPS) is 12.1. The van der Waals surface area contributed by atoms with E-state index in [1.165, 1.54) is 25.0 Å². The Balaban J connectivity index is 2.11. The predicted molar refractivity (Wildman–Crippen MR) is 159 cm³/mol. The van der Waals surface area contributed by atoms with Crippen molar-refractivity contribution < 1.29 is 51.3 Å². The number of hydrogen-bond acceptors (Lipinski definition) is 7. The monoisotopic (exact) mass is 639 g/mol. The predicted octanol–water partition coefficient (Wildman–Crippen LogP) is 7.98. The van der Waals surface area contributed by atoms with E-state index in [9.17, 15) is 32.7 Å². The Morgan fingerprint density at radius 3 is 2.04 bits per heavy atom. The molecule has 0 aliphatic rings. The maximum atomic E-state index is 15.3. The molecule has 0 aromatic heterocycles. The maximum Gasteiger partial charge on any atom is 0.425 e. The van der Waals surface area contributed by atoms with Gasteiger partial charge in [-0.15, -0.1) is 0 Å². The number of esters is 2.